The van der Waals surface area contributed by atoms with E-state index in [9.17, 15) is 8.78 Å². The van der Waals surface area contributed by atoms with Gasteiger partial charge < -0.3 is 9.26 Å². The molecule has 3 heterocycles. The zero-order valence-corrected chi connectivity index (χ0v) is 15.7. The molecule has 0 fully saturated rings. The second kappa shape index (κ2) is 6.74. The topological polar surface area (TPSA) is 78.3 Å². The maximum atomic E-state index is 14.1. The lowest BCUT2D eigenvalue weighted by Crippen LogP contribution is -1.94. The van der Waals surface area contributed by atoms with E-state index in [0.717, 1.165) is 29.5 Å². The third-order valence-corrected chi connectivity index (χ3v) is 5.19. The Hall–Kier alpha value is -3.66. The van der Waals surface area contributed by atoms with Crippen molar-refractivity contribution < 1.29 is 18.0 Å². The van der Waals surface area contributed by atoms with E-state index in [2.05, 4.69) is 20.5 Å². The van der Waals surface area contributed by atoms with Crippen molar-refractivity contribution in [2.75, 3.05) is 7.11 Å². The summed E-state index contributed by atoms with van der Waals surface area (Å²) in [5, 5.41) is 16.9. The molecule has 0 spiro atoms. The number of benzene rings is 2. The van der Waals surface area contributed by atoms with Gasteiger partial charge in [-0.3, -0.25) is 0 Å². The number of fused-ring (bicyclic) bond motifs is 1. The lowest BCUT2D eigenvalue weighted by molar-refractivity contribution is 0.414. The van der Waals surface area contributed by atoms with Gasteiger partial charge in [0.15, 0.2) is 16.6 Å². The normalized spacial score (nSPS) is 11.3. The Kier molecular flexibility index (Phi) is 4.06. The van der Waals surface area contributed by atoms with Crippen LogP contribution in [-0.2, 0) is 0 Å². The summed E-state index contributed by atoms with van der Waals surface area (Å²) in [6, 6.07) is 12.2. The van der Waals surface area contributed by atoms with Crippen LogP contribution < -0.4 is 4.74 Å². The summed E-state index contributed by atoms with van der Waals surface area (Å²) in [4.78, 5) is 0.424. The van der Waals surface area contributed by atoms with Crippen LogP contribution in [0, 0.1) is 11.6 Å². The first-order chi connectivity index (χ1) is 14.1. The Morgan fingerprint density at radius 3 is 2.66 bits per heavy atom. The standard InChI is InChI=1S/C19H11F2N5O2S/c1-27-12-5-2-10(3-6-12)16-9-15(25-28-16)18-24-26-17(22-23-19(26)29-18)13-8-11(20)4-7-14(13)21/h2-9H,1H3. The number of halogens is 2. The molecule has 10 heteroatoms. The van der Waals surface area contributed by atoms with Crippen molar-refractivity contribution in [1.29, 1.82) is 0 Å². The van der Waals surface area contributed by atoms with Gasteiger partial charge in [-0.2, -0.15) is 9.61 Å². The summed E-state index contributed by atoms with van der Waals surface area (Å²) in [6.07, 6.45) is 0. The van der Waals surface area contributed by atoms with Gasteiger partial charge in [0.1, 0.15) is 23.1 Å². The van der Waals surface area contributed by atoms with Crippen LogP contribution in [0.4, 0.5) is 8.78 Å². The molecule has 5 rings (SSSR count). The van der Waals surface area contributed by atoms with Crippen LogP contribution in [0.3, 0.4) is 0 Å². The van der Waals surface area contributed by atoms with Crippen LogP contribution in [0.1, 0.15) is 0 Å². The molecule has 7 nitrogen and oxygen atoms in total. The van der Waals surface area contributed by atoms with Crippen LogP contribution in [0.2, 0.25) is 0 Å². The number of ether oxygens (including phenoxy) is 1. The lowest BCUT2D eigenvalue weighted by atomic mass is 10.1. The van der Waals surface area contributed by atoms with Gasteiger partial charge in [-0.1, -0.05) is 16.5 Å². The Balaban J connectivity index is 1.53. The smallest absolute Gasteiger partial charge is 0.235 e. The van der Waals surface area contributed by atoms with Crippen LogP contribution in [0.15, 0.2) is 53.1 Å². The molecule has 5 aromatic rings. The first-order valence-corrected chi connectivity index (χ1v) is 9.23. The molecule has 29 heavy (non-hydrogen) atoms. The van der Waals surface area contributed by atoms with Crippen molar-refractivity contribution >= 4 is 16.3 Å². The summed E-state index contributed by atoms with van der Waals surface area (Å²) in [5.41, 5.74) is 1.31. The van der Waals surface area contributed by atoms with Gasteiger partial charge in [0.2, 0.25) is 4.96 Å². The summed E-state index contributed by atoms with van der Waals surface area (Å²) in [6.45, 7) is 0. The van der Waals surface area contributed by atoms with Crippen molar-refractivity contribution in [3.05, 3.63) is 60.2 Å². The molecule has 3 aromatic heterocycles. The second-order valence-electron chi connectivity index (χ2n) is 6.05. The van der Waals surface area contributed by atoms with E-state index in [0.29, 0.717) is 21.4 Å². The number of aromatic nitrogens is 5. The predicted molar refractivity (Wildman–Crippen MR) is 101 cm³/mol. The molecular formula is C19H11F2N5O2S. The quantitative estimate of drug-likeness (QED) is 0.434. The van der Waals surface area contributed by atoms with E-state index in [1.54, 1.807) is 13.2 Å². The van der Waals surface area contributed by atoms with E-state index in [1.807, 2.05) is 24.3 Å². The Morgan fingerprint density at radius 1 is 1.03 bits per heavy atom. The number of nitrogens with zero attached hydrogens (tertiary/aromatic N) is 5. The molecule has 0 N–H and O–H groups in total. The van der Waals surface area contributed by atoms with E-state index >= 15 is 0 Å². The number of hydrogen-bond acceptors (Lipinski definition) is 7. The van der Waals surface area contributed by atoms with Crippen LogP contribution in [0.5, 0.6) is 5.75 Å². The van der Waals surface area contributed by atoms with Crippen molar-refractivity contribution in [3.63, 3.8) is 0 Å². The van der Waals surface area contributed by atoms with E-state index in [1.165, 1.54) is 15.9 Å². The maximum Gasteiger partial charge on any atom is 0.235 e. The van der Waals surface area contributed by atoms with E-state index < -0.39 is 11.6 Å². The molecule has 0 saturated heterocycles. The Labute approximate surface area is 166 Å². The van der Waals surface area contributed by atoms with Crippen molar-refractivity contribution in [2.45, 2.75) is 0 Å². The second-order valence-corrected chi connectivity index (χ2v) is 7.01. The minimum Gasteiger partial charge on any atom is -0.497 e. The third-order valence-electron chi connectivity index (χ3n) is 4.26. The van der Waals surface area contributed by atoms with Gasteiger partial charge in [0.25, 0.3) is 0 Å². The molecule has 0 aliphatic heterocycles. The molecule has 0 bridgehead atoms. The average Bonchev–Trinajstić information content (AvgIpc) is 3.45. The molecule has 0 saturated carbocycles. The molecule has 0 amide bonds. The van der Waals surface area contributed by atoms with E-state index in [-0.39, 0.29) is 11.4 Å². The Bertz CT molecular complexity index is 1330. The summed E-state index contributed by atoms with van der Waals surface area (Å²) < 4.78 is 39.6. The van der Waals surface area contributed by atoms with Crippen molar-refractivity contribution in [3.8, 4) is 39.2 Å². The Morgan fingerprint density at radius 2 is 1.86 bits per heavy atom. The number of hydrogen-bond donors (Lipinski definition) is 0. The third kappa shape index (κ3) is 3.03. The number of rotatable bonds is 4. The summed E-state index contributed by atoms with van der Waals surface area (Å²) in [7, 11) is 1.60. The number of methoxy groups -OCH3 is 1. The largest absolute Gasteiger partial charge is 0.497 e. The molecule has 0 radical (unpaired) electrons. The fourth-order valence-corrected chi connectivity index (χ4v) is 3.62. The SMILES string of the molecule is COc1ccc(-c2cc(-c3nn4c(-c5cc(F)ccc5F)nnc4s3)no2)cc1. The highest BCUT2D eigenvalue weighted by Crippen LogP contribution is 2.31. The summed E-state index contributed by atoms with van der Waals surface area (Å²) >= 11 is 1.21. The maximum absolute atomic E-state index is 14.1. The van der Waals surface area contributed by atoms with Gasteiger partial charge in [-0.05, 0) is 42.5 Å². The fraction of sp³-hybridized carbons (Fsp3) is 0.0526. The van der Waals surface area contributed by atoms with Crippen LogP contribution in [0.25, 0.3) is 38.4 Å². The predicted octanol–water partition coefficient (Wildman–Crippen LogP) is 4.46. The van der Waals surface area contributed by atoms with Crippen molar-refractivity contribution in [2.24, 2.45) is 0 Å². The molecule has 144 valence electrons. The molecular weight excluding hydrogens is 400 g/mol. The zero-order valence-electron chi connectivity index (χ0n) is 14.8. The van der Waals surface area contributed by atoms with Gasteiger partial charge in [-0.15, -0.1) is 10.2 Å². The van der Waals surface area contributed by atoms with Crippen LogP contribution >= 0.6 is 11.3 Å². The minimum atomic E-state index is -0.613. The molecule has 0 aliphatic rings. The molecule has 0 aliphatic carbocycles. The highest BCUT2D eigenvalue weighted by atomic mass is 32.1. The fourth-order valence-electron chi connectivity index (χ4n) is 2.82. The lowest BCUT2D eigenvalue weighted by Gasteiger charge is -1.99. The average molecular weight is 411 g/mol. The minimum absolute atomic E-state index is 0.0200. The zero-order chi connectivity index (χ0) is 20.0. The molecule has 0 atom stereocenters. The molecule has 2 aromatic carbocycles. The van der Waals surface area contributed by atoms with Gasteiger partial charge in [0, 0.05) is 11.6 Å². The van der Waals surface area contributed by atoms with Gasteiger partial charge in [0.05, 0.1) is 12.7 Å². The van der Waals surface area contributed by atoms with Crippen LogP contribution in [-0.4, -0.2) is 32.1 Å². The van der Waals surface area contributed by atoms with Gasteiger partial charge in [-0.25, -0.2) is 8.78 Å². The first kappa shape index (κ1) is 17.4. The van der Waals surface area contributed by atoms with Crippen molar-refractivity contribution in [1.82, 2.24) is 25.0 Å². The monoisotopic (exact) mass is 411 g/mol. The van der Waals surface area contributed by atoms with E-state index in [4.69, 9.17) is 9.26 Å². The molecule has 0 unspecified atom stereocenters. The first-order valence-electron chi connectivity index (χ1n) is 8.41. The highest BCUT2D eigenvalue weighted by molar-refractivity contribution is 7.19. The summed E-state index contributed by atoms with van der Waals surface area (Å²) in [5.74, 6) is 0.218. The van der Waals surface area contributed by atoms with Gasteiger partial charge >= 0.3 is 0 Å². The highest BCUT2D eigenvalue weighted by Gasteiger charge is 2.19.